The maximum atomic E-state index is 12.7. The Hall–Kier alpha value is -2.41. The van der Waals surface area contributed by atoms with Crippen molar-refractivity contribution in [1.82, 2.24) is 9.88 Å². The molecule has 1 saturated heterocycles. The smallest absolute Gasteiger partial charge is 0.311 e. The van der Waals surface area contributed by atoms with E-state index in [1.807, 2.05) is 30.1 Å². The summed E-state index contributed by atoms with van der Waals surface area (Å²) in [5, 5.41) is 0. The minimum absolute atomic E-state index is 0.0757. The van der Waals surface area contributed by atoms with Gasteiger partial charge in [0, 0.05) is 37.1 Å². The van der Waals surface area contributed by atoms with Crippen LogP contribution in [0.3, 0.4) is 0 Å². The molecular weight excluding hydrogens is 343 g/mol. The summed E-state index contributed by atoms with van der Waals surface area (Å²) in [4.78, 5) is 20.5. The number of hydrogen-bond donors (Lipinski definition) is 0. The van der Waals surface area contributed by atoms with Gasteiger partial charge < -0.3 is 4.90 Å². The van der Waals surface area contributed by atoms with Crippen molar-refractivity contribution in [3.63, 3.8) is 0 Å². The number of halogens is 3. The van der Waals surface area contributed by atoms with E-state index in [0.717, 1.165) is 24.2 Å². The molecule has 4 nitrogen and oxygen atoms in total. The van der Waals surface area contributed by atoms with Crippen molar-refractivity contribution in [3.05, 3.63) is 59.9 Å². The molecule has 1 amide bonds. The molecule has 2 heterocycles. The molecule has 0 spiro atoms. The van der Waals surface area contributed by atoms with Gasteiger partial charge in [-0.1, -0.05) is 6.07 Å². The van der Waals surface area contributed by atoms with E-state index in [1.165, 1.54) is 12.1 Å². The molecule has 1 unspecified atom stereocenters. The fourth-order valence-corrected chi connectivity index (χ4v) is 3.15. The third kappa shape index (κ3) is 4.04. The summed E-state index contributed by atoms with van der Waals surface area (Å²) in [5.41, 5.74) is 0.755. The Morgan fingerprint density at radius 3 is 2.54 bits per heavy atom. The number of nitrogens with zero attached hydrogens (tertiary/aromatic N) is 3. The van der Waals surface area contributed by atoms with Crippen LogP contribution in [-0.2, 0) is 17.4 Å². The number of amides is 1. The van der Waals surface area contributed by atoms with Crippen LogP contribution in [-0.4, -0.2) is 42.0 Å². The molecule has 1 aromatic carbocycles. The molecule has 2 aromatic rings. The second-order valence-electron chi connectivity index (χ2n) is 6.39. The quantitative estimate of drug-likeness (QED) is 0.817. The Morgan fingerprint density at radius 1 is 1.19 bits per heavy atom. The highest BCUT2D eigenvalue weighted by Gasteiger charge is 2.36. The van der Waals surface area contributed by atoms with Crippen LogP contribution in [0.5, 0.6) is 0 Å². The van der Waals surface area contributed by atoms with E-state index in [4.69, 9.17) is 0 Å². The van der Waals surface area contributed by atoms with Gasteiger partial charge in [-0.15, -0.1) is 0 Å². The minimum Gasteiger partial charge on any atom is -0.311 e. The van der Waals surface area contributed by atoms with Gasteiger partial charge in [0.15, 0.2) is 0 Å². The van der Waals surface area contributed by atoms with E-state index < -0.39 is 11.7 Å². The van der Waals surface area contributed by atoms with Crippen molar-refractivity contribution >= 4 is 11.6 Å². The van der Waals surface area contributed by atoms with Gasteiger partial charge in [0.1, 0.15) is 0 Å². The second-order valence-corrected chi connectivity index (χ2v) is 6.39. The maximum absolute atomic E-state index is 12.7. The molecule has 7 heteroatoms. The molecule has 0 aliphatic carbocycles. The van der Waals surface area contributed by atoms with Crippen LogP contribution in [0.15, 0.2) is 48.7 Å². The van der Waals surface area contributed by atoms with Gasteiger partial charge >= 0.3 is 6.18 Å². The van der Waals surface area contributed by atoms with Crippen LogP contribution >= 0.6 is 0 Å². The molecule has 1 fully saturated rings. The SMILES string of the molecule is CN(CCc1ccccn1)C1CCN(c2ccc(C(F)(F)F)cc2)C1=O. The van der Waals surface area contributed by atoms with Crippen LogP contribution in [0.25, 0.3) is 0 Å². The fraction of sp³-hybridized carbons (Fsp3) is 0.368. The number of anilines is 1. The summed E-state index contributed by atoms with van der Waals surface area (Å²) in [6, 6.07) is 10.2. The second kappa shape index (κ2) is 7.45. The number of carbonyl (C=O) groups excluding carboxylic acids is 1. The molecule has 1 atom stereocenters. The number of carbonyl (C=O) groups is 1. The van der Waals surface area contributed by atoms with Crippen molar-refractivity contribution in [2.24, 2.45) is 0 Å². The van der Waals surface area contributed by atoms with E-state index in [1.54, 1.807) is 11.1 Å². The highest BCUT2D eigenvalue weighted by molar-refractivity contribution is 5.99. The van der Waals surface area contributed by atoms with Crippen molar-refractivity contribution < 1.29 is 18.0 Å². The zero-order chi connectivity index (χ0) is 18.7. The van der Waals surface area contributed by atoms with Gasteiger partial charge in [0.2, 0.25) is 5.91 Å². The number of benzene rings is 1. The number of likely N-dealkylation sites (N-methyl/N-ethyl adjacent to an activating group) is 1. The first kappa shape index (κ1) is 18.4. The maximum Gasteiger partial charge on any atom is 0.416 e. The van der Waals surface area contributed by atoms with Crippen molar-refractivity contribution in [2.45, 2.75) is 25.1 Å². The minimum atomic E-state index is -4.37. The molecule has 3 rings (SSSR count). The molecule has 138 valence electrons. The Kier molecular flexibility index (Phi) is 5.27. The molecule has 0 saturated carbocycles. The van der Waals surface area contributed by atoms with Crippen molar-refractivity contribution in [2.75, 3.05) is 25.0 Å². The largest absolute Gasteiger partial charge is 0.416 e. The predicted molar refractivity (Wildman–Crippen MR) is 92.8 cm³/mol. The van der Waals surface area contributed by atoms with Gasteiger partial charge in [0.25, 0.3) is 0 Å². The van der Waals surface area contributed by atoms with Gasteiger partial charge in [-0.25, -0.2) is 0 Å². The molecule has 1 aliphatic rings. The number of rotatable bonds is 5. The third-order valence-corrected chi connectivity index (χ3v) is 4.66. The third-order valence-electron chi connectivity index (χ3n) is 4.66. The molecule has 0 N–H and O–H groups in total. The average Bonchev–Trinajstić information content (AvgIpc) is 3.01. The highest BCUT2D eigenvalue weighted by Crippen LogP contribution is 2.31. The van der Waals surface area contributed by atoms with E-state index in [-0.39, 0.29) is 11.9 Å². The zero-order valence-corrected chi connectivity index (χ0v) is 14.4. The van der Waals surface area contributed by atoms with Crippen molar-refractivity contribution in [3.8, 4) is 0 Å². The number of alkyl halides is 3. The molecule has 0 bridgehead atoms. The average molecular weight is 363 g/mol. The Balaban J connectivity index is 1.62. The number of pyridine rings is 1. The van der Waals surface area contributed by atoms with Crippen LogP contribution in [0.1, 0.15) is 17.7 Å². The molecule has 1 aliphatic heterocycles. The number of hydrogen-bond acceptors (Lipinski definition) is 3. The fourth-order valence-electron chi connectivity index (χ4n) is 3.15. The summed E-state index contributed by atoms with van der Waals surface area (Å²) in [7, 11) is 1.89. The Morgan fingerprint density at radius 2 is 1.92 bits per heavy atom. The van der Waals surface area contributed by atoms with E-state index >= 15 is 0 Å². The van der Waals surface area contributed by atoms with Crippen molar-refractivity contribution in [1.29, 1.82) is 0 Å². The molecular formula is C19H20F3N3O. The summed E-state index contributed by atoms with van der Waals surface area (Å²) in [5.74, 6) is -0.0757. The van der Waals surface area contributed by atoms with Gasteiger partial charge in [-0.05, 0) is 49.9 Å². The summed E-state index contributed by atoms with van der Waals surface area (Å²) >= 11 is 0. The first-order chi connectivity index (χ1) is 12.4. The predicted octanol–water partition coefficient (Wildman–Crippen LogP) is 3.38. The van der Waals surface area contributed by atoms with Gasteiger partial charge in [0.05, 0.1) is 11.6 Å². The molecule has 1 aromatic heterocycles. The highest BCUT2D eigenvalue weighted by atomic mass is 19.4. The normalized spacial score (nSPS) is 18.0. The van der Waals surface area contributed by atoms with Crippen LogP contribution in [0.2, 0.25) is 0 Å². The lowest BCUT2D eigenvalue weighted by atomic mass is 10.2. The van der Waals surface area contributed by atoms with Crippen LogP contribution in [0, 0.1) is 0 Å². The molecule has 0 radical (unpaired) electrons. The Bertz CT molecular complexity index is 747. The summed E-state index contributed by atoms with van der Waals surface area (Å²) in [6.45, 7) is 1.19. The van der Waals surface area contributed by atoms with E-state index in [2.05, 4.69) is 4.98 Å². The number of aromatic nitrogens is 1. The van der Waals surface area contributed by atoms with Crippen LogP contribution < -0.4 is 4.90 Å². The lowest BCUT2D eigenvalue weighted by Crippen LogP contribution is -2.40. The van der Waals surface area contributed by atoms with Gasteiger partial charge in [-0.3, -0.25) is 14.7 Å². The van der Waals surface area contributed by atoms with Gasteiger partial charge in [-0.2, -0.15) is 13.2 Å². The van der Waals surface area contributed by atoms with E-state index in [0.29, 0.717) is 25.2 Å². The lowest BCUT2D eigenvalue weighted by Gasteiger charge is -2.23. The zero-order valence-electron chi connectivity index (χ0n) is 14.4. The monoisotopic (exact) mass is 363 g/mol. The van der Waals surface area contributed by atoms with Crippen LogP contribution in [0.4, 0.5) is 18.9 Å². The van der Waals surface area contributed by atoms with E-state index in [9.17, 15) is 18.0 Å². The topological polar surface area (TPSA) is 36.4 Å². The first-order valence-electron chi connectivity index (χ1n) is 8.45. The standard InChI is InChI=1S/C19H20F3N3O/c1-24(12-9-15-4-2-3-11-23-15)17-10-13-25(18(17)26)16-7-5-14(6-8-16)19(20,21)22/h2-8,11,17H,9-10,12-13H2,1H3. The Labute approximate surface area is 150 Å². The summed E-state index contributed by atoms with van der Waals surface area (Å²) in [6.07, 6.45) is -1.25. The summed E-state index contributed by atoms with van der Waals surface area (Å²) < 4.78 is 38.0. The molecule has 26 heavy (non-hydrogen) atoms. The first-order valence-corrected chi connectivity index (χ1v) is 8.45. The lowest BCUT2D eigenvalue weighted by molar-refractivity contribution is -0.137.